The van der Waals surface area contributed by atoms with E-state index in [1.165, 1.54) is 16.1 Å². The molecule has 0 bridgehead atoms. The molecule has 1 aliphatic carbocycles. The Morgan fingerprint density at radius 2 is 1.55 bits per heavy atom. The fourth-order valence-corrected chi connectivity index (χ4v) is 4.11. The van der Waals surface area contributed by atoms with Crippen molar-refractivity contribution in [1.29, 1.82) is 0 Å². The van der Waals surface area contributed by atoms with Crippen LogP contribution < -0.4 is 10.4 Å². The molecule has 1 aromatic rings. The molecule has 1 saturated heterocycles. The summed E-state index contributed by atoms with van der Waals surface area (Å²) in [5.74, 6) is 0.525. The number of hydrogen-bond donors (Lipinski definition) is 0. The number of benzene rings is 1. The predicted octanol–water partition coefficient (Wildman–Crippen LogP) is 4.50. The second-order valence-corrected chi connectivity index (χ2v) is 7.81. The normalized spacial score (nSPS) is 17.7. The monoisotopic (exact) mass is 384 g/mol. The van der Waals surface area contributed by atoms with Crippen LogP contribution in [0.3, 0.4) is 0 Å². The Labute approximate surface area is 175 Å². The van der Waals surface area contributed by atoms with E-state index in [2.05, 4.69) is 79.8 Å². The Morgan fingerprint density at radius 3 is 2.21 bits per heavy atom. The molecule has 0 radical (unpaired) electrons. The number of hydrazine groups is 1. The summed E-state index contributed by atoms with van der Waals surface area (Å²) >= 11 is 0. The van der Waals surface area contributed by atoms with Crippen LogP contribution in [0.2, 0.25) is 0 Å². The van der Waals surface area contributed by atoms with Crippen molar-refractivity contribution in [3.8, 4) is 0 Å². The highest BCUT2D eigenvalue weighted by molar-refractivity contribution is 5.54. The van der Waals surface area contributed by atoms with Gasteiger partial charge in [0.2, 0.25) is 0 Å². The molecule has 0 amide bonds. The third-order valence-electron chi connectivity index (χ3n) is 5.99. The Morgan fingerprint density at radius 1 is 0.931 bits per heavy atom. The van der Waals surface area contributed by atoms with Crippen LogP contribution in [0.25, 0.3) is 11.8 Å². The van der Waals surface area contributed by atoms with Crippen LogP contribution in [0.1, 0.15) is 19.3 Å². The summed E-state index contributed by atoms with van der Waals surface area (Å²) in [6.45, 7) is 26.9. The molecule has 29 heavy (non-hydrogen) atoms. The van der Waals surface area contributed by atoms with Crippen LogP contribution in [0.5, 0.6) is 0 Å². The minimum Gasteiger partial charge on any atom is -0.309 e. The van der Waals surface area contributed by atoms with E-state index < -0.39 is 0 Å². The number of nitrogens with zero attached hydrogens (tertiary/aromatic N) is 2. The summed E-state index contributed by atoms with van der Waals surface area (Å²) < 4.78 is 0. The van der Waals surface area contributed by atoms with Crippen LogP contribution in [0, 0.1) is 5.92 Å². The average molecular weight is 385 g/mol. The maximum Gasteiger partial charge on any atom is 0.0422 e. The first-order valence-corrected chi connectivity index (χ1v) is 10.3. The van der Waals surface area contributed by atoms with Crippen molar-refractivity contribution in [3.05, 3.63) is 109 Å². The van der Waals surface area contributed by atoms with E-state index in [9.17, 15) is 0 Å². The van der Waals surface area contributed by atoms with E-state index in [-0.39, 0.29) is 0 Å². The Hall–Kier alpha value is -2.84. The van der Waals surface area contributed by atoms with Gasteiger partial charge in [0.1, 0.15) is 0 Å². The van der Waals surface area contributed by atoms with Crippen LogP contribution in [0.15, 0.2) is 98.2 Å². The van der Waals surface area contributed by atoms with E-state index in [0.717, 1.165) is 61.2 Å². The summed E-state index contributed by atoms with van der Waals surface area (Å²) in [5.41, 5.74) is 5.38. The Bertz CT molecular complexity index is 992. The van der Waals surface area contributed by atoms with Crippen molar-refractivity contribution in [2.75, 3.05) is 19.6 Å². The maximum absolute atomic E-state index is 4.20. The summed E-state index contributed by atoms with van der Waals surface area (Å²) in [7, 11) is 0. The fourth-order valence-electron chi connectivity index (χ4n) is 4.11. The van der Waals surface area contributed by atoms with Crippen molar-refractivity contribution < 1.29 is 0 Å². The molecule has 1 heterocycles. The van der Waals surface area contributed by atoms with Gasteiger partial charge in [-0.15, -0.1) is 0 Å². The summed E-state index contributed by atoms with van der Waals surface area (Å²) in [6.07, 6.45) is 8.78. The van der Waals surface area contributed by atoms with Crippen LogP contribution in [-0.2, 0) is 0 Å². The first-order chi connectivity index (χ1) is 14.0. The average Bonchev–Trinajstić information content (AvgIpc) is 3.12. The second-order valence-electron chi connectivity index (χ2n) is 7.81. The number of fused-ring (bicyclic) bond motifs is 2. The highest BCUT2D eigenvalue weighted by Crippen LogP contribution is 2.33. The van der Waals surface area contributed by atoms with Gasteiger partial charge in [-0.25, -0.2) is 5.01 Å². The van der Waals surface area contributed by atoms with E-state index in [4.69, 9.17) is 0 Å². The van der Waals surface area contributed by atoms with E-state index in [0.29, 0.717) is 5.92 Å². The van der Waals surface area contributed by atoms with Gasteiger partial charge < -0.3 is 5.01 Å². The summed E-state index contributed by atoms with van der Waals surface area (Å²) in [6, 6.07) is 8.72. The van der Waals surface area contributed by atoms with Gasteiger partial charge in [-0.3, -0.25) is 0 Å². The summed E-state index contributed by atoms with van der Waals surface area (Å²) in [5, 5.41) is 7.64. The van der Waals surface area contributed by atoms with Crippen molar-refractivity contribution in [2.45, 2.75) is 19.3 Å². The van der Waals surface area contributed by atoms with Crippen molar-refractivity contribution >= 4 is 11.8 Å². The zero-order chi connectivity index (χ0) is 21.0. The van der Waals surface area contributed by atoms with Gasteiger partial charge in [-0.1, -0.05) is 82.0 Å². The van der Waals surface area contributed by atoms with Gasteiger partial charge in [-0.2, -0.15) is 0 Å². The minimum absolute atomic E-state index is 0.525. The topological polar surface area (TPSA) is 6.48 Å². The van der Waals surface area contributed by atoms with Gasteiger partial charge in [0.25, 0.3) is 0 Å². The highest BCUT2D eigenvalue weighted by Gasteiger charge is 2.35. The lowest BCUT2D eigenvalue weighted by Gasteiger charge is -2.32. The van der Waals surface area contributed by atoms with Gasteiger partial charge in [-0.05, 0) is 46.8 Å². The zero-order valence-corrected chi connectivity index (χ0v) is 17.5. The lowest BCUT2D eigenvalue weighted by molar-refractivity contribution is 0.0674. The largest absolute Gasteiger partial charge is 0.309 e. The first-order valence-electron chi connectivity index (χ1n) is 10.3. The molecule has 0 saturated carbocycles. The molecule has 2 aliphatic rings. The minimum atomic E-state index is 0.525. The third-order valence-corrected chi connectivity index (χ3v) is 5.99. The molecule has 0 aromatic heterocycles. The van der Waals surface area contributed by atoms with Gasteiger partial charge >= 0.3 is 0 Å². The predicted molar refractivity (Wildman–Crippen MR) is 126 cm³/mol. The molecular weight excluding hydrogens is 352 g/mol. The quantitative estimate of drug-likeness (QED) is 0.548. The number of allylic oxidation sites excluding steroid dienone is 4. The van der Waals surface area contributed by atoms with E-state index >= 15 is 0 Å². The lowest BCUT2D eigenvalue weighted by atomic mass is 9.94. The van der Waals surface area contributed by atoms with Crippen LogP contribution >= 0.6 is 0 Å². The van der Waals surface area contributed by atoms with Crippen LogP contribution in [0.4, 0.5) is 0 Å². The highest BCUT2D eigenvalue weighted by atomic mass is 15.6. The zero-order valence-electron chi connectivity index (χ0n) is 17.5. The molecule has 2 heteroatoms. The molecule has 2 nitrogen and oxygen atoms in total. The van der Waals surface area contributed by atoms with Gasteiger partial charge in [0.15, 0.2) is 0 Å². The molecule has 3 rings (SSSR count). The second kappa shape index (κ2) is 9.11. The molecular formula is C27H32N2. The molecule has 1 atom stereocenters. The molecule has 0 spiro atoms. The van der Waals surface area contributed by atoms with E-state index in [1.807, 2.05) is 0 Å². The Kier molecular flexibility index (Phi) is 6.56. The maximum atomic E-state index is 4.20. The summed E-state index contributed by atoms with van der Waals surface area (Å²) in [4.78, 5) is 0. The first kappa shape index (κ1) is 20.9. The lowest BCUT2D eigenvalue weighted by Crippen LogP contribution is -2.41. The van der Waals surface area contributed by atoms with Crippen LogP contribution in [-0.4, -0.2) is 29.7 Å². The molecule has 1 fully saturated rings. The third kappa shape index (κ3) is 4.44. The van der Waals surface area contributed by atoms with Gasteiger partial charge in [0, 0.05) is 36.5 Å². The van der Waals surface area contributed by atoms with Crippen molar-refractivity contribution in [2.24, 2.45) is 5.92 Å². The van der Waals surface area contributed by atoms with Crippen molar-refractivity contribution in [1.82, 2.24) is 10.0 Å². The van der Waals surface area contributed by atoms with Gasteiger partial charge in [0.05, 0.1) is 0 Å². The number of hydrogen-bond acceptors (Lipinski definition) is 2. The molecule has 1 unspecified atom stereocenters. The van der Waals surface area contributed by atoms with Crippen molar-refractivity contribution in [3.63, 3.8) is 0 Å². The molecule has 1 aliphatic heterocycles. The SMILES string of the molecule is C=CC(=C)C(=C)CCN1CC2CC=c3ccccc3=C2N1CCC(=C)C(=C)C=C. The molecule has 1 aromatic carbocycles. The smallest absolute Gasteiger partial charge is 0.0422 e. The van der Waals surface area contributed by atoms with E-state index in [1.54, 1.807) is 12.2 Å². The standard InChI is InChI=1S/C27H32N2/c1-7-20(3)22(5)15-17-28-19-25-14-13-24-11-9-10-12-26(24)27(25)29(28)18-16-23(6)21(4)8-2/h7-13,25H,1-6,14-19H2. The molecule has 150 valence electrons. The Balaban J connectivity index is 1.88. The number of rotatable bonds is 10. The molecule has 0 N–H and O–H groups in total. The fraction of sp³-hybridized carbons (Fsp3) is 0.259.